The molecule has 0 aromatic heterocycles. The van der Waals surface area contributed by atoms with Crippen LogP contribution >= 0.6 is 23.2 Å². The average Bonchev–Trinajstić information content (AvgIpc) is 2.76. The van der Waals surface area contributed by atoms with E-state index in [1.54, 1.807) is 13.8 Å². The lowest BCUT2D eigenvalue weighted by molar-refractivity contribution is -0.175. The molecule has 1 saturated heterocycles. The Balaban J connectivity index is 2.31. The molecule has 2 unspecified atom stereocenters. The van der Waals surface area contributed by atoms with E-state index in [0.717, 1.165) is 0 Å². The maximum Gasteiger partial charge on any atom is 0.552 e. The molecule has 0 bridgehead atoms. The molecule has 1 aromatic rings. The van der Waals surface area contributed by atoms with E-state index >= 15 is 0 Å². The molecule has 0 radical (unpaired) electrons. The van der Waals surface area contributed by atoms with Crippen LogP contribution in [0.15, 0.2) is 18.2 Å². The third-order valence-corrected chi connectivity index (χ3v) is 6.02. The smallest absolute Gasteiger partial charge is 0.508 e. The van der Waals surface area contributed by atoms with E-state index in [9.17, 15) is 39.3 Å². The van der Waals surface area contributed by atoms with Gasteiger partial charge in [0.2, 0.25) is 5.91 Å². The van der Waals surface area contributed by atoms with Gasteiger partial charge in [0.1, 0.15) is 6.04 Å². The Morgan fingerprint density at radius 3 is 2.32 bits per heavy atom. The van der Waals surface area contributed by atoms with E-state index < -0.39 is 73.4 Å². The number of halogens is 2. The number of carboxylic acid groups (broad SMARTS) is 2. The van der Waals surface area contributed by atoms with Crippen LogP contribution < -0.4 is 10.6 Å². The van der Waals surface area contributed by atoms with Crippen LogP contribution in [0.4, 0.5) is 0 Å². The van der Waals surface area contributed by atoms with Gasteiger partial charge in [-0.25, -0.2) is 4.79 Å². The normalized spacial score (nSPS) is 20.0. The molecule has 4 atom stereocenters. The Labute approximate surface area is 222 Å². The van der Waals surface area contributed by atoms with Crippen LogP contribution in [0.2, 0.25) is 10.0 Å². The van der Waals surface area contributed by atoms with Gasteiger partial charge in [0.15, 0.2) is 5.60 Å². The summed E-state index contributed by atoms with van der Waals surface area (Å²) in [6.07, 6.45) is -3.17. The van der Waals surface area contributed by atoms with Gasteiger partial charge in [0.25, 0.3) is 11.9 Å². The van der Waals surface area contributed by atoms with Gasteiger partial charge in [0.05, 0.1) is 35.5 Å². The number of hydrogen-bond acceptors (Lipinski definition) is 8. The number of rotatable bonds is 11. The Morgan fingerprint density at radius 2 is 1.78 bits per heavy atom. The average molecular weight is 561 g/mol. The minimum Gasteiger partial charge on any atom is -0.508 e. The minimum absolute atomic E-state index is 0.0456. The summed E-state index contributed by atoms with van der Waals surface area (Å²) in [5.41, 5.74) is -2.46. The number of nitrogens with one attached hydrogen (secondary N) is 2. The molecule has 0 spiro atoms. The third-order valence-electron chi connectivity index (χ3n) is 5.45. The summed E-state index contributed by atoms with van der Waals surface area (Å²) in [5, 5.41) is 34.2. The number of amides is 2. The van der Waals surface area contributed by atoms with Crippen molar-refractivity contribution in [2.45, 2.75) is 63.7 Å². The van der Waals surface area contributed by atoms with Crippen LogP contribution in [-0.2, 0) is 28.5 Å². The van der Waals surface area contributed by atoms with Crippen molar-refractivity contribution in [3.05, 3.63) is 33.8 Å². The fourth-order valence-corrected chi connectivity index (χ4v) is 4.10. The Bertz CT molecular complexity index is 1070. The summed E-state index contributed by atoms with van der Waals surface area (Å²) >= 11 is 12.0. The molecule has 5 N–H and O–H groups in total. The van der Waals surface area contributed by atoms with Gasteiger partial charge < -0.3 is 35.3 Å². The molecular weight excluding hydrogens is 534 g/mol. The molecule has 0 aliphatic carbocycles. The molecule has 1 aliphatic rings. The largest absolute Gasteiger partial charge is 0.552 e. The van der Waals surface area contributed by atoms with Crippen molar-refractivity contribution in [1.82, 2.24) is 10.6 Å². The molecular formula is C22H27BCl2N2O10. The van der Waals surface area contributed by atoms with Crippen LogP contribution in [0.5, 0.6) is 0 Å². The summed E-state index contributed by atoms with van der Waals surface area (Å²) < 4.78 is 10.6. The van der Waals surface area contributed by atoms with Gasteiger partial charge in [-0.1, -0.05) is 37.0 Å². The monoisotopic (exact) mass is 560 g/mol. The van der Waals surface area contributed by atoms with Gasteiger partial charge in [-0.3, -0.25) is 19.2 Å². The zero-order valence-corrected chi connectivity index (χ0v) is 21.7. The third kappa shape index (κ3) is 8.06. The fraction of sp³-hybridized carbons (Fsp3) is 0.500. The zero-order chi connectivity index (χ0) is 28.1. The Morgan fingerprint density at radius 1 is 1.14 bits per heavy atom. The van der Waals surface area contributed by atoms with Crippen LogP contribution in [0.3, 0.4) is 0 Å². The number of benzene rings is 1. The topological polar surface area (TPSA) is 189 Å². The van der Waals surface area contributed by atoms with Gasteiger partial charge >= 0.3 is 19.1 Å². The SMILES string of the molecule is CC(C)C[C@H](NC(=O)[C@@H](NC(=O)c1cc(Cl)ccc1Cl)C(C)O)B1OC(=O)CC(CC(=O)O)(C(=O)O)O1. The lowest BCUT2D eigenvalue weighted by atomic mass is 9.70. The molecule has 2 rings (SSSR count). The highest BCUT2D eigenvalue weighted by Crippen LogP contribution is 2.30. The van der Waals surface area contributed by atoms with Crippen LogP contribution in [0, 0.1) is 5.92 Å². The fourth-order valence-electron chi connectivity index (χ4n) is 3.72. The van der Waals surface area contributed by atoms with Gasteiger partial charge in [-0.2, -0.15) is 0 Å². The highest BCUT2D eigenvalue weighted by molar-refractivity contribution is 6.50. The van der Waals surface area contributed by atoms with Gasteiger partial charge in [0, 0.05) is 5.02 Å². The lowest BCUT2D eigenvalue weighted by Gasteiger charge is -2.38. The lowest BCUT2D eigenvalue weighted by Crippen LogP contribution is -2.63. The molecule has 12 nitrogen and oxygen atoms in total. The van der Waals surface area contributed by atoms with Crippen molar-refractivity contribution in [3.63, 3.8) is 0 Å². The van der Waals surface area contributed by atoms with Crippen LogP contribution in [0.25, 0.3) is 0 Å². The molecule has 202 valence electrons. The van der Waals surface area contributed by atoms with Crippen molar-refractivity contribution in [1.29, 1.82) is 0 Å². The van der Waals surface area contributed by atoms with Crippen molar-refractivity contribution in [3.8, 4) is 0 Å². The van der Waals surface area contributed by atoms with Crippen molar-refractivity contribution >= 4 is 60.0 Å². The number of carboxylic acids is 2. The number of aliphatic carboxylic acids is 2. The van der Waals surface area contributed by atoms with Crippen molar-refractivity contribution in [2.24, 2.45) is 5.92 Å². The summed E-state index contributed by atoms with van der Waals surface area (Å²) in [7, 11) is -1.66. The number of hydrogen-bond donors (Lipinski definition) is 5. The van der Waals surface area contributed by atoms with E-state index in [1.165, 1.54) is 25.1 Å². The molecule has 1 aliphatic heterocycles. The first-order valence-corrected chi connectivity index (χ1v) is 12.0. The predicted octanol–water partition coefficient (Wildman–Crippen LogP) is 1.29. The maximum atomic E-state index is 13.1. The first-order valence-electron chi connectivity index (χ1n) is 11.2. The Kier molecular flexibility index (Phi) is 10.3. The van der Waals surface area contributed by atoms with Gasteiger partial charge in [-0.15, -0.1) is 0 Å². The first kappa shape index (κ1) is 30.4. The number of aliphatic hydroxyl groups is 1. The minimum atomic E-state index is -2.41. The molecule has 1 fully saturated rings. The van der Waals surface area contributed by atoms with E-state index in [2.05, 4.69) is 10.6 Å². The predicted molar refractivity (Wildman–Crippen MR) is 131 cm³/mol. The zero-order valence-electron chi connectivity index (χ0n) is 20.2. The summed E-state index contributed by atoms with van der Waals surface area (Å²) in [6.45, 7) is 4.78. The van der Waals surface area contributed by atoms with E-state index in [4.69, 9.17) is 32.5 Å². The molecule has 0 saturated carbocycles. The van der Waals surface area contributed by atoms with E-state index in [0.29, 0.717) is 0 Å². The van der Waals surface area contributed by atoms with E-state index in [1.807, 2.05) is 0 Å². The van der Waals surface area contributed by atoms with Crippen LogP contribution in [0.1, 0.15) is 50.4 Å². The van der Waals surface area contributed by atoms with Crippen molar-refractivity contribution < 1.29 is 48.6 Å². The van der Waals surface area contributed by atoms with Crippen LogP contribution in [-0.4, -0.2) is 75.8 Å². The number of carbonyl (C=O) groups is 5. The summed E-state index contributed by atoms with van der Waals surface area (Å²) in [4.78, 5) is 61.3. The second-order valence-electron chi connectivity index (χ2n) is 9.08. The first-order chi connectivity index (χ1) is 17.1. The second-order valence-corrected chi connectivity index (χ2v) is 9.93. The quantitative estimate of drug-likeness (QED) is 0.246. The van der Waals surface area contributed by atoms with Crippen molar-refractivity contribution in [2.75, 3.05) is 0 Å². The molecule has 37 heavy (non-hydrogen) atoms. The molecule has 1 aromatic carbocycles. The molecule has 1 heterocycles. The summed E-state index contributed by atoms with van der Waals surface area (Å²) in [5.74, 6) is -7.23. The second kappa shape index (κ2) is 12.6. The number of aliphatic hydroxyl groups excluding tert-OH is 1. The Hall–Kier alpha value is -2.87. The van der Waals surface area contributed by atoms with E-state index in [-0.39, 0.29) is 27.9 Å². The van der Waals surface area contributed by atoms with Gasteiger partial charge in [-0.05, 0) is 37.5 Å². The highest BCUT2D eigenvalue weighted by Gasteiger charge is 2.55. The molecule has 15 heteroatoms. The standard InChI is InChI=1S/C22H27BCl2N2O10/c1-10(2)6-15(23-36-17(31)9-22(37-23,21(34)35)8-16(29)30)26-20(33)18(11(3)28)27-19(32)13-7-12(24)4-5-14(13)25/h4-5,7,10-11,15,18,28H,6,8-9H2,1-3H3,(H,26,33)(H,27,32)(H,29,30)(H,34,35)/t11?,15-,18-,22?/m0/s1. The number of carbonyl (C=O) groups excluding carboxylic acids is 3. The molecule has 2 amide bonds. The highest BCUT2D eigenvalue weighted by atomic mass is 35.5. The summed E-state index contributed by atoms with van der Waals surface area (Å²) in [6, 6.07) is 2.61. The maximum absolute atomic E-state index is 13.1.